The van der Waals surface area contributed by atoms with Gasteiger partial charge in [-0.05, 0) is 41.4 Å². The number of benzene rings is 1. The molecule has 1 aromatic rings. The minimum atomic E-state index is -3.55. The Morgan fingerprint density at radius 1 is 1.53 bits per heavy atom. The minimum Gasteiger partial charge on any atom is -0.328 e. The first kappa shape index (κ1) is 14.9. The molecule has 1 unspecified atom stereocenters. The van der Waals surface area contributed by atoms with Crippen LogP contribution in [-0.4, -0.2) is 21.0 Å². The summed E-state index contributed by atoms with van der Waals surface area (Å²) in [4.78, 5) is 0.134. The van der Waals surface area contributed by atoms with Gasteiger partial charge in [0, 0.05) is 12.6 Å². The quantitative estimate of drug-likeness (QED) is 0.861. The maximum atomic E-state index is 11.9. The largest absolute Gasteiger partial charge is 0.328 e. The lowest BCUT2D eigenvalue weighted by Gasteiger charge is -2.10. The highest BCUT2D eigenvalue weighted by atomic mass is 79.9. The standard InChI is InChI=1S/C10H14BrClN2O2S/c1-7(13)5-6-14-17(15,16)9-4-2-3-8(12)10(9)11/h2-4,7,14H,5-6,13H2,1H3. The summed E-state index contributed by atoms with van der Waals surface area (Å²) in [6.45, 7) is 2.13. The van der Waals surface area contributed by atoms with E-state index in [0.717, 1.165) is 0 Å². The molecule has 96 valence electrons. The SMILES string of the molecule is CC(N)CCNS(=O)(=O)c1cccc(Cl)c1Br. The fourth-order valence-electron chi connectivity index (χ4n) is 1.19. The maximum absolute atomic E-state index is 11.9. The summed E-state index contributed by atoms with van der Waals surface area (Å²) in [5.41, 5.74) is 5.55. The molecule has 7 heteroatoms. The van der Waals surface area contributed by atoms with E-state index < -0.39 is 10.0 Å². The summed E-state index contributed by atoms with van der Waals surface area (Å²) in [6.07, 6.45) is 0.581. The van der Waals surface area contributed by atoms with Crippen molar-refractivity contribution in [2.75, 3.05) is 6.54 Å². The van der Waals surface area contributed by atoms with E-state index >= 15 is 0 Å². The highest BCUT2D eigenvalue weighted by molar-refractivity contribution is 9.10. The first-order chi connectivity index (χ1) is 7.84. The lowest BCUT2D eigenvalue weighted by molar-refractivity contribution is 0.571. The molecule has 0 aliphatic carbocycles. The molecular formula is C10H14BrClN2O2S. The van der Waals surface area contributed by atoms with Crippen LogP contribution in [0, 0.1) is 0 Å². The van der Waals surface area contributed by atoms with Gasteiger partial charge in [-0.2, -0.15) is 0 Å². The van der Waals surface area contributed by atoms with Crippen molar-refractivity contribution in [2.45, 2.75) is 24.3 Å². The molecule has 17 heavy (non-hydrogen) atoms. The molecule has 0 aliphatic rings. The first-order valence-electron chi connectivity index (χ1n) is 5.04. The van der Waals surface area contributed by atoms with Crippen LogP contribution in [0.4, 0.5) is 0 Å². The van der Waals surface area contributed by atoms with Crippen LogP contribution in [-0.2, 0) is 10.0 Å². The third-order valence-electron chi connectivity index (χ3n) is 2.10. The molecule has 0 fully saturated rings. The molecule has 0 saturated carbocycles. The predicted octanol–water partition coefficient (Wildman–Crippen LogP) is 2.12. The van der Waals surface area contributed by atoms with Crippen molar-refractivity contribution in [2.24, 2.45) is 5.73 Å². The smallest absolute Gasteiger partial charge is 0.241 e. The maximum Gasteiger partial charge on any atom is 0.241 e. The van der Waals surface area contributed by atoms with E-state index in [1.165, 1.54) is 6.07 Å². The Morgan fingerprint density at radius 3 is 2.76 bits per heavy atom. The number of halogens is 2. The second-order valence-electron chi connectivity index (χ2n) is 3.72. The Labute approximate surface area is 115 Å². The monoisotopic (exact) mass is 340 g/mol. The Morgan fingerprint density at radius 2 is 2.18 bits per heavy atom. The summed E-state index contributed by atoms with van der Waals surface area (Å²) in [5, 5.41) is 0.361. The molecular weight excluding hydrogens is 328 g/mol. The van der Waals surface area contributed by atoms with Crippen LogP contribution in [0.5, 0.6) is 0 Å². The average Bonchev–Trinajstić information content (AvgIpc) is 2.21. The number of rotatable bonds is 5. The summed E-state index contributed by atoms with van der Waals surface area (Å²) >= 11 is 9.01. The topological polar surface area (TPSA) is 72.2 Å². The van der Waals surface area contributed by atoms with E-state index in [2.05, 4.69) is 20.7 Å². The molecule has 1 atom stereocenters. The van der Waals surface area contributed by atoms with Crippen molar-refractivity contribution < 1.29 is 8.42 Å². The molecule has 0 heterocycles. The molecule has 0 saturated heterocycles. The van der Waals surface area contributed by atoms with Crippen LogP contribution in [0.2, 0.25) is 5.02 Å². The van der Waals surface area contributed by atoms with Crippen molar-refractivity contribution >= 4 is 37.6 Å². The molecule has 0 amide bonds. The number of hydrogen-bond acceptors (Lipinski definition) is 3. The molecule has 1 aromatic carbocycles. The molecule has 1 rings (SSSR count). The van der Waals surface area contributed by atoms with Gasteiger partial charge in [-0.3, -0.25) is 0 Å². The second kappa shape index (κ2) is 6.15. The normalized spacial score (nSPS) is 13.6. The Bertz CT molecular complexity index is 491. The van der Waals surface area contributed by atoms with E-state index in [9.17, 15) is 8.42 Å². The van der Waals surface area contributed by atoms with Crippen molar-refractivity contribution in [1.82, 2.24) is 4.72 Å². The van der Waals surface area contributed by atoms with Crippen molar-refractivity contribution in [3.05, 3.63) is 27.7 Å². The third kappa shape index (κ3) is 4.22. The number of sulfonamides is 1. The van der Waals surface area contributed by atoms with Gasteiger partial charge < -0.3 is 5.73 Å². The van der Waals surface area contributed by atoms with Crippen LogP contribution in [0.25, 0.3) is 0 Å². The fourth-order valence-corrected chi connectivity index (χ4v) is 3.47. The van der Waals surface area contributed by atoms with E-state index in [1.807, 2.05) is 6.92 Å². The van der Waals surface area contributed by atoms with E-state index in [-0.39, 0.29) is 10.9 Å². The van der Waals surface area contributed by atoms with Crippen LogP contribution < -0.4 is 10.5 Å². The van der Waals surface area contributed by atoms with E-state index in [1.54, 1.807) is 12.1 Å². The van der Waals surface area contributed by atoms with Gasteiger partial charge in [-0.1, -0.05) is 17.7 Å². The zero-order valence-electron chi connectivity index (χ0n) is 9.28. The summed E-state index contributed by atoms with van der Waals surface area (Å²) < 4.78 is 26.7. The Balaban J connectivity index is 2.87. The highest BCUT2D eigenvalue weighted by Gasteiger charge is 2.18. The van der Waals surface area contributed by atoms with Crippen LogP contribution in [0.3, 0.4) is 0 Å². The van der Waals surface area contributed by atoms with E-state index in [4.69, 9.17) is 17.3 Å². The van der Waals surface area contributed by atoms with Crippen molar-refractivity contribution in [3.63, 3.8) is 0 Å². The Hall–Kier alpha value is -0.140. The van der Waals surface area contributed by atoms with Crippen LogP contribution in [0.1, 0.15) is 13.3 Å². The molecule has 0 spiro atoms. The summed E-state index contributed by atoms with van der Waals surface area (Å²) in [6, 6.07) is 4.66. The van der Waals surface area contributed by atoms with Crippen molar-refractivity contribution in [3.8, 4) is 0 Å². The third-order valence-corrected chi connectivity index (χ3v) is 5.26. The molecule has 0 aliphatic heterocycles. The lowest BCUT2D eigenvalue weighted by atomic mass is 10.3. The van der Waals surface area contributed by atoms with Gasteiger partial charge in [0.25, 0.3) is 0 Å². The zero-order chi connectivity index (χ0) is 13.1. The minimum absolute atomic E-state index is 0.0412. The van der Waals surface area contributed by atoms with Crippen LogP contribution in [0.15, 0.2) is 27.6 Å². The van der Waals surface area contributed by atoms with Gasteiger partial charge in [0.15, 0.2) is 0 Å². The highest BCUT2D eigenvalue weighted by Crippen LogP contribution is 2.29. The average molecular weight is 342 g/mol. The van der Waals surface area contributed by atoms with Gasteiger partial charge in [-0.15, -0.1) is 0 Å². The van der Waals surface area contributed by atoms with E-state index in [0.29, 0.717) is 22.5 Å². The summed E-state index contributed by atoms with van der Waals surface area (Å²) in [7, 11) is -3.55. The molecule has 0 aromatic heterocycles. The number of nitrogens with two attached hydrogens (primary N) is 1. The van der Waals surface area contributed by atoms with Gasteiger partial charge in [0.1, 0.15) is 0 Å². The van der Waals surface area contributed by atoms with Crippen molar-refractivity contribution in [1.29, 1.82) is 0 Å². The van der Waals surface area contributed by atoms with Gasteiger partial charge >= 0.3 is 0 Å². The summed E-state index contributed by atoms with van der Waals surface area (Å²) in [5.74, 6) is 0. The lowest BCUT2D eigenvalue weighted by Crippen LogP contribution is -2.29. The molecule has 0 bridgehead atoms. The Kier molecular flexibility index (Phi) is 5.40. The molecule has 4 nitrogen and oxygen atoms in total. The fraction of sp³-hybridized carbons (Fsp3) is 0.400. The number of nitrogens with one attached hydrogen (secondary N) is 1. The number of hydrogen-bond donors (Lipinski definition) is 2. The van der Waals surface area contributed by atoms with Crippen LogP contribution >= 0.6 is 27.5 Å². The molecule has 3 N–H and O–H groups in total. The first-order valence-corrected chi connectivity index (χ1v) is 7.69. The van der Waals surface area contributed by atoms with Gasteiger partial charge in [-0.25, -0.2) is 13.1 Å². The zero-order valence-corrected chi connectivity index (χ0v) is 12.4. The molecule has 0 radical (unpaired) electrons. The predicted molar refractivity (Wildman–Crippen MR) is 72.6 cm³/mol. The van der Waals surface area contributed by atoms with Gasteiger partial charge in [0.05, 0.1) is 14.4 Å². The van der Waals surface area contributed by atoms with Gasteiger partial charge in [0.2, 0.25) is 10.0 Å². The second-order valence-corrected chi connectivity index (χ2v) is 6.65.